The van der Waals surface area contributed by atoms with Gasteiger partial charge in [0.2, 0.25) is 0 Å². The van der Waals surface area contributed by atoms with Crippen LogP contribution in [0.3, 0.4) is 0 Å². The SMILES string of the molecule is CCNC(C)(CCCSc1ccc(F)cc1)C(=O)OCC. The molecule has 0 fully saturated rings. The molecule has 0 heterocycles. The third-order valence-corrected chi connectivity index (χ3v) is 4.29. The number of rotatable bonds is 9. The molecule has 0 aliphatic carbocycles. The summed E-state index contributed by atoms with van der Waals surface area (Å²) in [6.07, 6.45) is 1.60. The van der Waals surface area contributed by atoms with E-state index in [2.05, 4.69) is 5.32 Å². The van der Waals surface area contributed by atoms with Gasteiger partial charge in [-0.05, 0) is 63.3 Å². The highest BCUT2D eigenvalue weighted by Crippen LogP contribution is 2.22. The van der Waals surface area contributed by atoms with Gasteiger partial charge in [-0.25, -0.2) is 4.39 Å². The van der Waals surface area contributed by atoms with Gasteiger partial charge in [0.05, 0.1) is 6.61 Å². The number of halogens is 1. The molecule has 0 aromatic heterocycles. The Hall–Kier alpha value is -1.07. The minimum atomic E-state index is -0.631. The first-order chi connectivity index (χ1) is 10.0. The van der Waals surface area contributed by atoms with Gasteiger partial charge >= 0.3 is 5.97 Å². The molecule has 1 atom stereocenters. The Morgan fingerprint density at radius 3 is 2.57 bits per heavy atom. The maximum absolute atomic E-state index is 12.8. The smallest absolute Gasteiger partial charge is 0.326 e. The average molecular weight is 313 g/mol. The van der Waals surface area contributed by atoms with Crippen LogP contribution in [0.4, 0.5) is 4.39 Å². The zero-order valence-electron chi connectivity index (χ0n) is 12.9. The van der Waals surface area contributed by atoms with E-state index in [0.29, 0.717) is 13.0 Å². The van der Waals surface area contributed by atoms with Crippen molar-refractivity contribution in [1.82, 2.24) is 5.32 Å². The second kappa shape index (κ2) is 9.05. The summed E-state index contributed by atoms with van der Waals surface area (Å²) in [7, 11) is 0. The molecule has 0 radical (unpaired) electrons. The second-order valence-electron chi connectivity index (χ2n) is 4.99. The Kier molecular flexibility index (Phi) is 7.75. The number of hydrogen-bond donors (Lipinski definition) is 1. The van der Waals surface area contributed by atoms with E-state index in [1.165, 1.54) is 12.1 Å². The minimum Gasteiger partial charge on any atom is -0.465 e. The van der Waals surface area contributed by atoms with Gasteiger partial charge in [-0.2, -0.15) is 0 Å². The van der Waals surface area contributed by atoms with Crippen molar-refractivity contribution in [2.75, 3.05) is 18.9 Å². The highest BCUT2D eigenvalue weighted by Gasteiger charge is 2.32. The molecule has 1 rings (SSSR count). The number of benzene rings is 1. The van der Waals surface area contributed by atoms with E-state index in [9.17, 15) is 9.18 Å². The molecule has 1 aromatic rings. The standard InChI is InChI=1S/C16H24FNO2S/c1-4-18-16(3,15(19)20-5-2)11-6-12-21-14-9-7-13(17)8-10-14/h7-10,18H,4-6,11-12H2,1-3H3. The molecule has 0 saturated heterocycles. The summed E-state index contributed by atoms with van der Waals surface area (Å²) >= 11 is 1.67. The lowest BCUT2D eigenvalue weighted by Crippen LogP contribution is -2.50. The summed E-state index contributed by atoms with van der Waals surface area (Å²) in [6, 6.07) is 6.47. The molecule has 0 aliphatic rings. The monoisotopic (exact) mass is 313 g/mol. The number of ether oxygens (including phenoxy) is 1. The van der Waals surface area contributed by atoms with Crippen LogP contribution in [0.1, 0.15) is 33.6 Å². The first-order valence-electron chi connectivity index (χ1n) is 7.32. The predicted molar refractivity (Wildman–Crippen MR) is 85.1 cm³/mol. The summed E-state index contributed by atoms with van der Waals surface area (Å²) in [4.78, 5) is 13.1. The van der Waals surface area contributed by atoms with Crippen LogP contribution in [0.25, 0.3) is 0 Å². The van der Waals surface area contributed by atoms with E-state index in [4.69, 9.17) is 4.74 Å². The van der Waals surface area contributed by atoms with E-state index in [1.54, 1.807) is 23.9 Å². The van der Waals surface area contributed by atoms with Crippen LogP contribution < -0.4 is 5.32 Å². The lowest BCUT2D eigenvalue weighted by Gasteiger charge is -2.28. The number of carbonyl (C=O) groups is 1. The van der Waals surface area contributed by atoms with Crippen LogP contribution in [-0.2, 0) is 9.53 Å². The molecule has 3 nitrogen and oxygen atoms in total. The molecule has 1 aromatic carbocycles. The largest absolute Gasteiger partial charge is 0.465 e. The van der Waals surface area contributed by atoms with Gasteiger partial charge in [0, 0.05) is 4.90 Å². The van der Waals surface area contributed by atoms with Gasteiger partial charge in [0.15, 0.2) is 0 Å². The Balaban J connectivity index is 2.43. The average Bonchev–Trinajstić information content (AvgIpc) is 2.46. The van der Waals surface area contributed by atoms with Gasteiger partial charge in [-0.3, -0.25) is 4.79 Å². The Morgan fingerprint density at radius 1 is 1.33 bits per heavy atom. The molecule has 0 aliphatic heterocycles. The van der Waals surface area contributed by atoms with Gasteiger partial charge in [-0.15, -0.1) is 11.8 Å². The second-order valence-corrected chi connectivity index (χ2v) is 6.16. The van der Waals surface area contributed by atoms with Crippen molar-refractivity contribution in [3.8, 4) is 0 Å². The Bertz CT molecular complexity index is 438. The Morgan fingerprint density at radius 2 is 2.00 bits per heavy atom. The number of thioether (sulfide) groups is 1. The van der Waals surface area contributed by atoms with Crippen LogP contribution in [0, 0.1) is 5.82 Å². The van der Waals surface area contributed by atoms with Crippen molar-refractivity contribution >= 4 is 17.7 Å². The number of likely N-dealkylation sites (N-methyl/N-ethyl adjacent to an activating group) is 1. The fourth-order valence-corrected chi connectivity index (χ4v) is 2.94. The van der Waals surface area contributed by atoms with Gasteiger partial charge in [-0.1, -0.05) is 6.92 Å². The summed E-state index contributed by atoms with van der Waals surface area (Å²) in [6.45, 7) is 6.79. The first-order valence-corrected chi connectivity index (χ1v) is 8.31. The summed E-state index contributed by atoms with van der Waals surface area (Å²) in [5, 5.41) is 3.22. The molecule has 21 heavy (non-hydrogen) atoms. The quantitative estimate of drug-likeness (QED) is 0.429. The van der Waals surface area contributed by atoms with Crippen molar-refractivity contribution in [1.29, 1.82) is 0 Å². The van der Waals surface area contributed by atoms with Crippen molar-refractivity contribution in [2.45, 2.75) is 44.0 Å². The summed E-state index contributed by atoms with van der Waals surface area (Å²) < 4.78 is 17.9. The predicted octanol–water partition coefficient (Wildman–Crippen LogP) is 3.63. The lowest BCUT2D eigenvalue weighted by atomic mass is 9.96. The van der Waals surface area contributed by atoms with Crippen LogP contribution in [0.15, 0.2) is 29.2 Å². The molecule has 5 heteroatoms. The molecule has 0 saturated carbocycles. The normalized spacial score (nSPS) is 13.7. The molecule has 1 N–H and O–H groups in total. The number of esters is 1. The van der Waals surface area contributed by atoms with E-state index < -0.39 is 5.54 Å². The minimum absolute atomic E-state index is 0.196. The van der Waals surface area contributed by atoms with Crippen molar-refractivity contribution in [2.24, 2.45) is 0 Å². The highest BCUT2D eigenvalue weighted by molar-refractivity contribution is 7.99. The molecule has 0 amide bonds. The third-order valence-electron chi connectivity index (χ3n) is 3.20. The maximum Gasteiger partial charge on any atom is 0.326 e. The molecular formula is C16H24FNO2S. The molecular weight excluding hydrogens is 289 g/mol. The van der Waals surface area contributed by atoms with Gasteiger partial charge in [0.25, 0.3) is 0 Å². The lowest BCUT2D eigenvalue weighted by molar-refractivity contribution is -0.150. The van der Waals surface area contributed by atoms with Crippen LogP contribution >= 0.6 is 11.8 Å². The third kappa shape index (κ3) is 6.06. The molecule has 0 spiro atoms. The van der Waals surface area contributed by atoms with Crippen molar-refractivity contribution in [3.63, 3.8) is 0 Å². The zero-order chi connectivity index (χ0) is 15.7. The first kappa shape index (κ1) is 18.0. The van der Waals surface area contributed by atoms with Crippen LogP contribution in [-0.4, -0.2) is 30.4 Å². The van der Waals surface area contributed by atoms with E-state index in [1.807, 2.05) is 20.8 Å². The van der Waals surface area contributed by atoms with Crippen molar-refractivity contribution in [3.05, 3.63) is 30.1 Å². The van der Waals surface area contributed by atoms with E-state index in [-0.39, 0.29) is 11.8 Å². The van der Waals surface area contributed by atoms with E-state index in [0.717, 1.165) is 23.6 Å². The highest BCUT2D eigenvalue weighted by atomic mass is 32.2. The molecule has 118 valence electrons. The Labute approximate surface area is 130 Å². The maximum atomic E-state index is 12.8. The number of carbonyl (C=O) groups excluding carboxylic acids is 1. The van der Waals surface area contributed by atoms with Crippen LogP contribution in [0.5, 0.6) is 0 Å². The van der Waals surface area contributed by atoms with Gasteiger partial charge in [0.1, 0.15) is 11.4 Å². The zero-order valence-corrected chi connectivity index (χ0v) is 13.8. The fraction of sp³-hybridized carbons (Fsp3) is 0.562. The fourth-order valence-electron chi connectivity index (χ4n) is 2.09. The molecule has 1 unspecified atom stereocenters. The summed E-state index contributed by atoms with van der Waals surface area (Å²) in [5.74, 6) is 0.464. The van der Waals surface area contributed by atoms with Gasteiger partial charge < -0.3 is 10.1 Å². The molecule has 0 bridgehead atoms. The van der Waals surface area contributed by atoms with Crippen molar-refractivity contribution < 1.29 is 13.9 Å². The topological polar surface area (TPSA) is 38.3 Å². The van der Waals surface area contributed by atoms with E-state index >= 15 is 0 Å². The number of hydrogen-bond acceptors (Lipinski definition) is 4. The van der Waals surface area contributed by atoms with Crippen LogP contribution in [0.2, 0.25) is 0 Å². The summed E-state index contributed by atoms with van der Waals surface area (Å²) in [5.41, 5.74) is -0.631. The number of nitrogens with one attached hydrogen (secondary N) is 1.